The highest BCUT2D eigenvalue weighted by molar-refractivity contribution is 9.10. The van der Waals surface area contributed by atoms with Crippen molar-refractivity contribution in [2.45, 2.75) is 6.18 Å². The van der Waals surface area contributed by atoms with E-state index in [2.05, 4.69) is 31.2 Å². The van der Waals surface area contributed by atoms with E-state index in [4.69, 9.17) is 4.74 Å². The molecule has 2 aromatic rings. The van der Waals surface area contributed by atoms with Gasteiger partial charge in [0.25, 0.3) is 0 Å². The van der Waals surface area contributed by atoms with Crippen LogP contribution in [0.3, 0.4) is 0 Å². The van der Waals surface area contributed by atoms with Gasteiger partial charge in [0, 0.05) is 10.7 Å². The lowest BCUT2D eigenvalue weighted by Crippen LogP contribution is -2.15. The zero-order chi connectivity index (χ0) is 15.3. The molecule has 21 heavy (non-hydrogen) atoms. The number of hydrogen-bond acceptors (Lipinski definition) is 4. The Bertz CT molecular complexity index is 607. The lowest BCUT2D eigenvalue weighted by atomic mass is 10.3. The Morgan fingerprint density at radius 1 is 1.24 bits per heavy atom. The van der Waals surface area contributed by atoms with E-state index in [0.29, 0.717) is 5.75 Å². The van der Waals surface area contributed by atoms with Crippen LogP contribution in [0.2, 0.25) is 0 Å². The molecule has 4 nitrogen and oxygen atoms in total. The molecule has 0 saturated carbocycles. The van der Waals surface area contributed by atoms with Gasteiger partial charge in [0.2, 0.25) is 5.95 Å². The normalized spacial score (nSPS) is 11.2. The largest absolute Gasteiger partial charge is 0.492 e. The molecule has 1 aromatic heterocycles. The van der Waals surface area contributed by atoms with Gasteiger partial charge < -0.3 is 10.1 Å². The molecule has 0 aliphatic carbocycles. The maximum absolute atomic E-state index is 12.5. The van der Waals surface area contributed by atoms with Gasteiger partial charge in [0.1, 0.15) is 18.1 Å². The van der Waals surface area contributed by atoms with Crippen molar-refractivity contribution in [3.63, 3.8) is 0 Å². The molecule has 2 rings (SSSR count). The summed E-state index contributed by atoms with van der Waals surface area (Å²) in [5.41, 5.74) is -0.979. The van der Waals surface area contributed by atoms with Crippen molar-refractivity contribution >= 4 is 21.9 Å². The molecule has 0 radical (unpaired) electrons. The predicted octanol–water partition coefficient (Wildman–Crippen LogP) is 3.75. The summed E-state index contributed by atoms with van der Waals surface area (Å²) in [6.45, 7) is 0.559. The van der Waals surface area contributed by atoms with Crippen LogP contribution in [0.1, 0.15) is 5.69 Å². The van der Waals surface area contributed by atoms with E-state index in [0.717, 1.165) is 16.7 Å². The predicted molar refractivity (Wildman–Crippen MR) is 75.2 cm³/mol. The molecule has 0 saturated heterocycles. The maximum atomic E-state index is 12.5. The first-order valence-corrected chi connectivity index (χ1v) is 6.77. The van der Waals surface area contributed by atoms with E-state index in [9.17, 15) is 13.2 Å². The number of halogens is 4. The lowest BCUT2D eigenvalue weighted by Gasteiger charge is -2.09. The molecule has 1 aromatic carbocycles. The molecule has 0 bridgehead atoms. The Hall–Kier alpha value is -1.83. The summed E-state index contributed by atoms with van der Waals surface area (Å²) in [5.74, 6) is 0.582. The third-order valence-corrected chi connectivity index (χ3v) is 2.89. The number of rotatable bonds is 5. The fourth-order valence-corrected chi connectivity index (χ4v) is 1.87. The van der Waals surface area contributed by atoms with E-state index in [-0.39, 0.29) is 19.1 Å². The second-order valence-electron chi connectivity index (χ2n) is 4.00. The molecule has 112 valence electrons. The van der Waals surface area contributed by atoms with Gasteiger partial charge in [-0.25, -0.2) is 9.97 Å². The minimum Gasteiger partial charge on any atom is -0.492 e. The summed E-state index contributed by atoms with van der Waals surface area (Å²) in [5, 5.41) is 2.68. The van der Waals surface area contributed by atoms with Crippen LogP contribution in [0.25, 0.3) is 0 Å². The Morgan fingerprint density at radius 2 is 2.05 bits per heavy atom. The fourth-order valence-electron chi connectivity index (χ4n) is 1.49. The summed E-state index contributed by atoms with van der Waals surface area (Å²) < 4.78 is 43.7. The Morgan fingerprint density at radius 3 is 2.76 bits per heavy atom. The summed E-state index contributed by atoms with van der Waals surface area (Å²) in [6.07, 6.45) is -3.42. The smallest absolute Gasteiger partial charge is 0.433 e. The number of nitrogens with zero attached hydrogens (tertiary/aromatic N) is 2. The average molecular weight is 362 g/mol. The summed E-state index contributed by atoms with van der Waals surface area (Å²) in [6, 6.07) is 8.08. The zero-order valence-electron chi connectivity index (χ0n) is 10.7. The van der Waals surface area contributed by atoms with Gasteiger partial charge in [-0.2, -0.15) is 13.2 Å². The van der Waals surface area contributed by atoms with E-state index < -0.39 is 11.9 Å². The molecule has 0 atom stereocenters. The van der Waals surface area contributed by atoms with Crippen LogP contribution in [0, 0.1) is 0 Å². The third kappa shape index (κ3) is 4.89. The molecule has 8 heteroatoms. The standard InChI is InChI=1S/C13H11BrF3N3O/c14-9-2-1-3-10(8-9)21-7-6-19-12-18-5-4-11(20-12)13(15,16)17/h1-5,8H,6-7H2,(H,18,19,20). The first kappa shape index (κ1) is 15.6. The van der Waals surface area contributed by atoms with Gasteiger partial charge in [-0.3, -0.25) is 0 Å². The van der Waals surface area contributed by atoms with E-state index in [1.807, 2.05) is 12.1 Å². The van der Waals surface area contributed by atoms with Crippen molar-refractivity contribution in [2.75, 3.05) is 18.5 Å². The van der Waals surface area contributed by atoms with E-state index >= 15 is 0 Å². The van der Waals surface area contributed by atoms with Crippen molar-refractivity contribution in [3.8, 4) is 5.75 Å². The number of aromatic nitrogens is 2. The lowest BCUT2D eigenvalue weighted by molar-refractivity contribution is -0.141. The topological polar surface area (TPSA) is 47.0 Å². The number of alkyl halides is 3. The van der Waals surface area contributed by atoms with Crippen LogP contribution in [0.5, 0.6) is 5.75 Å². The highest BCUT2D eigenvalue weighted by Crippen LogP contribution is 2.27. The van der Waals surface area contributed by atoms with Gasteiger partial charge in [0.05, 0.1) is 6.54 Å². The van der Waals surface area contributed by atoms with Gasteiger partial charge in [-0.05, 0) is 24.3 Å². The van der Waals surface area contributed by atoms with E-state index in [1.165, 1.54) is 0 Å². The van der Waals surface area contributed by atoms with Crippen LogP contribution in [0.15, 0.2) is 41.0 Å². The molecule has 0 amide bonds. The average Bonchev–Trinajstić information content (AvgIpc) is 2.43. The minimum absolute atomic E-state index is 0.0809. The summed E-state index contributed by atoms with van der Waals surface area (Å²) >= 11 is 3.31. The fraction of sp³-hybridized carbons (Fsp3) is 0.231. The first-order valence-electron chi connectivity index (χ1n) is 5.97. The van der Waals surface area contributed by atoms with Crippen molar-refractivity contribution in [1.82, 2.24) is 9.97 Å². The van der Waals surface area contributed by atoms with Crippen LogP contribution in [-0.4, -0.2) is 23.1 Å². The molecule has 0 aliphatic heterocycles. The number of anilines is 1. The van der Waals surface area contributed by atoms with Crippen molar-refractivity contribution in [2.24, 2.45) is 0 Å². The van der Waals surface area contributed by atoms with Gasteiger partial charge in [-0.1, -0.05) is 22.0 Å². The zero-order valence-corrected chi connectivity index (χ0v) is 12.3. The number of benzene rings is 1. The Kier molecular flexibility index (Phi) is 5.00. The van der Waals surface area contributed by atoms with Crippen molar-refractivity contribution < 1.29 is 17.9 Å². The minimum atomic E-state index is -4.48. The molecule has 0 fully saturated rings. The Labute approximate surface area is 127 Å². The molecule has 1 N–H and O–H groups in total. The maximum Gasteiger partial charge on any atom is 0.433 e. The monoisotopic (exact) mass is 361 g/mol. The Balaban J connectivity index is 1.84. The SMILES string of the molecule is FC(F)(F)c1ccnc(NCCOc2cccc(Br)c2)n1. The van der Waals surface area contributed by atoms with Crippen molar-refractivity contribution in [1.29, 1.82) is 0 Å². The highest BCUT2D eigenvalue weighted by atomic mass is 79.9. The van der Waals surface area contributed by atoms with Crippen LogP contribution in [0.4, 0.5) is 19.1 Å². The van der Waals surface area contributed by atoms with Gasteiger partial charge in [0.15, 0.2) is 0 Å². The molecule has 0 aliphatic rings. The molecule has 1 heterocycles. The second-order valence-corrected chi connectivity index (χ2v) is 4.91. The third-order valence-electron chi connectivity index (χ3n) is 2.40. The number of nitrogens with one attached hydrogen (secondary N) is 1. The van der Waals surface area contributed by atoms with Crippen LogP contribution >= 0.6 is 15.9 Å². The molecular weight excluding hydrogens is 351 g/mol. The number of ether oxygens (including phenoxy) is 1. The molecule has 0 unspecified atom stereocenters. The quantitative estimate of drug-likeness (QED) is 0.824. The molecule has 0 spiro atoms. The van der Waals surface area contributed by atoms with E-state index in [1.54, 1.807) is 12.1 Å². The number of hydrogen-bond donors (Lipinski definition) is 1. The van der Waals surface area contributed by atoms with Crippen molar-refractivity contribution in [3.05, 3.63) is 46.7 Å². The first-order chi connectivity index (χ1) is 9.95. The van der Waals surface area contributed by atoms with Gasteiger partial charge >= 0.3 is 6.18 Å². The van der Waals surface area contributed by atoms with Crippen LogP contribution < -0.4 is 10.1 Å². The molecular formula is C13H11BrF3N3O. The van der Waals surface area contributed by atoms with Gasteiger partial charge in [-0.15, -0.1) is 0 Å². The summed E-state index contributed by atoms with van der Waals surface area (Å²) in [7, 11) is 0. The highest BCUT2D eigenvalue weighted by Gasteiger charge is 2.32. The summed E-state index contributed by atoms with van der Waals surface area (Å²) in [4.78, 5) is 7.12. The van der Waals surface area contributed by atoms with Crippen LogP contribution in [-0.2, 0) is 6.18 Å². The second kappa shape index (κ2) is 6.75.